The maximum Gasteiger partial charge on any atom is 0.137 e. The minimum Gasteiger partial charge on any atom is -0.497 e. The molecule has 0 saturated heterocycles. The third kappa shape index (κ3) is 2.30. The van der Waals surface area contributed by atoms with Crippen molar-refractivity contribution in [2.45, 2.75) is 6.54 Å². The molecule has 17 heavy (non-hydrogen) atoms. The summed E-state index contributed by atoms with van der Waals surface area (Å²) in [6.07, 6.45) is 0. The molecule has 0 fully saturated rings. The highest BCUT2D eigenvalue weighted by molar-refractivity contribution is 7.10. The number of hydrogen-bond donors (Lipinski definition) is 1. The van der Waals surface area contributed by atoms with Gasteiger partial charge in [-0.25, -0.2) is 8.78 Å². The molecule has 0 aliphatic rings. The molecule has 0 atom stereocenters. The van der Waals surface area contributed by atoms with Crippen LogP contribution < -0.4 is 10.5 Å². The summed E-state index contributed by atoms with van der Waals surface area (Å²) in [7, 11) is 1.37. The van der Waals surface area contributed by atoms with Gasteiger partial charge in [0.15, 0.2) is 0 Å². The quantitative estimate of drug-likeness (QED) is 0.914. The van der Waals surface area contributed by atoms with Gasteiger partial charge in [-0.1, -0.05) is 0 Å². The first-order valence-electron chi connectivity index (χ1n) is 4.96. The summed E-state index contributed by atoms with van der Waals surface area (Å²) in [5, 5.41) is 1.69. The average Bonchev–Trinajstić information content (AvgIpc) is 2.76. The minimum absolute atomic E-state index is 0.0400. The standard InChI is InChI=1S/C12H11F2NOS/c1-16-8-3-10(13)12(11(14)4-8)7-2-9(5-15)17-6-7/h2-4,6H,5,15H2,1H3. The number of benzene rings is 1. The van der Waals surface area contributed by atoms with Crippen molar-refractivity contribution in [3.05, 3.63) is 40.1 Å². The summed E-state index contributed by atoms with van der Waals surface area (Å²) >= 11 is 1.38. The summed E-state index contributed by atoms with van der Waals surface area (Å²) in [5.41, 5.74) is 5.93. The molecule has 0 radical (unpaired) electrons. The summed E-state index contributed by atoms with van der Waals surface area (Å²) in [5.74, 6) is -1.11. The van der Waals surface area contributed by atoms with Crippen LogP contribution >= 0.6 is 11.3 Å². The van der Waals surface area contributed by atoms with E-state index in [9.17, 15) is 8.78 Å². The predicted molar refractivity (Wildman–Crippen MR) is 64.1 cm³/mol. The second-order valence-corrected chi connectivity index (χ2v) is 4.47. The smallest absolute Gasteiger partial charge is 0.137 e. The highest BCUT2D eigenvalue weighted by Gasteiger charge is 2.14. The van der Waals surface area contributed by atoms with Crippen molar-refractivity contribution < 1.29 is 13.5 Å². The van der Waals surface area contributed by atoms with Gasteiger partial charge in [0, 0.05) is 23.6 Å². The van der Waals surface area contributed by atoms with Crippen LogP contribution in [-0.2, 0) is 6.54 Å². The second kappa shape index (κ2) is 4.81. The maximum absolute atomic E-state index is 13.8. The number of ether oxygens (including phenoxy) is 1. The van der Waals surface area contributed by atoms with Crippen molar-refractivity contribution in [2.75, 3.05) is 7.11 Å². The van der Waals surface area contributed by atoms with Gasteiger partial charge >= 0.3 is 0 Å². The molecule has 0 aliphatic heterocycles. The number of thiophene rings is 1. The topological polar surface area (TPSA) is 35.2 Å². The third-order valence-electron chi connectivity index (χ3n) is 2.39. The molecule has 2 rings (SSSR count). The number of hydrogen-bond acceptors (Lipinski definition) is 3. The fraction of sp³-hybridized carbons (Fsp3) is 0.167. The van der Waals surface area contributed by atoms with E-state index in [1.807, 2.05) is 0 Å². The van der Waals surface area contributed by atoms with E-state index in [4.69, 9.17) is 10.5 Å². The monoisotopic (exact) mass is 255 g/mol. The van der Waals surface area contributed by atoms with E-state index in [1.54, 1.807) is 11.4 Å². The van der Waals surface area contributed by atoms with Crippen LogP contribution in [0.2, 0.25) is 0 Å². The predicted octanol–water partition coefficient (Wildman–Crippen LogP) is 3.16. The third-order valence-corrected chi connectivity index (χ3v) is 3.35. The molecule has 2 aromatic rings. The molecule has 1 heterocycles. The van der Waals surface area contributed by atoms with Gasteiger partial charge in [0.1, 0.15) is 17.4 Å². The Morgan fingerprint density at radius 2 is 1.88 bits per heavy atom. The molecule has 90 valence electrons. The number of rotatable bonds is 3. The molecule has 0 spiro atoms. The zero-order chi connectivity index (χ0) is 12.4. The van der Waals surface area contributed by atoms with Crippen LogP contribution in [-0.4, -0.2) is 7.11 Å². The molecule has 0 aliphatic carbocycles. The fourth-order valence-corrected chi connectivity index (χ4v) is 2.32. The van der Waals surface area contributed by atoms with Crippen molar-refractivity contribution in [1.29, 1.82) is 0 Å². The van der Waals surface area contributed by atoms with E-state index in [1.165, 1.54) is 18.4 Å². The van der Waals surface area contributed by atoms with E-state index in [0.717, 1.165) is 17.0 Å². The van der Waals surface area contributed by atoms with Gasteiger partial charge in [-0.2, -0.15) is 0 Å². The Labute approximate surface area is 102 Å². The van der Waals surface area contributed by atoms with Crippen molar-refractivity contribution >= 4 is 11.3 Å². The van der Waals surface area contributed by atoms with E-state index >= 15 is 0 Å². The van der Waals surface area contributed by atoms with E-state index < -0.39 is 11.6 Å². The SMILES string of the molecule is COc1cc(F)c(-c2csc(CN)c2)c(F)c1. The van der Waals surface area contributed by atoms with Crippen LogP contribution in [0.25, 0.3) is 11.1 Å². The molecular weight excluding hydrogens is 244 g/mol. The molecule has 2 N–H and O–H groups in total. The van der Waals surface area contributed by atoms with Crippen molar-refractivity contribution in [2.24, 2.45) is 5.73 Å². The normalized spacial score (nSPS) is 10.6. The molecule has 5 heteroatoms. The van der Waals surface area contributed by atoms with Crippen molar-refractivity contribution in [1.82, 2.24) is 0 Å². The number of methoxy groups -OCH3 is 1. The Balaban J connectivity index is 2.51. The highest BCUT2D eigenvalue weighted by Crippen LogP contribution is 2.32. The maximum atomic E-state index is 13.8. The van der Waals surface area contributed by atoms with Crippen LogP contribution in [0.1, 0.15) is 4.88 Å². The molecule has 1 aromatic carbocycles. The van der Waals surface area contributed by atoms with E-state index in [2.05, 4.69) is 0 Å². The largest absolute Gasteiger partial charge is 0.497 e. The zero-order valence-electron chi connectivity index (χ0n) is 9.17. The molecule has 2 nitrogen and oxygen atoms in total. The first-order valence-corrected chi connectivity index (χ1v) is 5.84. The molecule has 0 bridgehead atoms. The first-order chi connectivity index (χ1) is 8.15. The van der Waals surface area contributed by atoms with Gasteiger partial charge in [0.05, 0.1) is 12.7 Å². The van der Waals surface area contributed by atoms with Gasteiger partial charge in [-0.3, -0.25) is 0 Å². The fourth-order valence-electron chi connectivity index (χ4n) is 1.56. The zero-order valence-corrected chi connectivity index (χ0v) is 9.98. The van der Waals surface area contributed by atoms with Crippen LogP contribution in [0.15, 0.2) is 23.6 Å². The number of nitrogens with two attached hydrogens (primary N) is 1. The summed E-state index contributed by atoms with van der Waals surface area (Å²) in [4.78, 5) is 0.884. The van der Waals surface area contributed by atoms with Crippen molar-refractivity contribution in [3.8, 4) is 16.9 Å². The Bertz CT molecular complexity index is 516. The lowest BCUT2D eigenvalue weighted by Crippen LogP contribution is -1.93. The van der Waals surface area contributed by atoms with E-state index in [0.29, 0.717) is 12.1 Å². The Kier molecular flexibility index (Phi) is 3.40. The minimum atomic E-state index is -0.636. The average molecular weight is 255 g/mol. The van der Waals surface area contributed by atoms with Gasteiger partial charge in [0.2, 0.25) is 0 Å². The van der Waals surface area contributed by atoms with Crippen molar-refractivity contribution in [3.63, 3.8) is 0 Å². The highest BCUT2D eigenvalue weighted by atomic mass is 32.1. The molecule has 1 aromatic heterocycles. The molecule has 0 saturated carbocycles. The lowest BCUT2D eigenvalue weighted by molar-refractivity contribution is 0.407. The van der Waals surface area contributed by atoms with Gasteiger partial charge in [0.25, 0.3) is 0 Å². The summed E-state index contributed by atoms with van der Waals surface area (Å²) in [6.45, 7) is 0.365. The van der Waals surface area contributed by atoms with Crippen LogP contribution in [0.3, 0.4) is 0 Å². The summed E-state index contributed by atoms with van der Waals surface area (Å²) < 4.78 is 32.3. The Morgan fingerprint density at radius 1 is 1.24 bits per heavy atom. The van der Waals surface area contributed by atoms with Gasteiger partial charge < -0.3 is 10.5 Å². The molecule has 0 amide bonds. The Hall–Kier alpha value is -1.46. The van der Waals surface area contributed by atoms with Crippen LogP contribution in [0.5, 0.6) is 5.75 Å². The second-order valence-electron chi connectivity index (χ2n) is 3.47. The number of halogens is 2. The van der Waals surface area contributed by atoms with Crippen LogP contribution in [0.4, 0.5) is 8.78 Å². The molecule has 0 unspecified atom stereocenters. The van der Waals surface area contributed by atoms with Gasteiger partial charge in [-0.05, 0) is 17.0 Å². The van der Waals surface area contributed by atoms with Crippen LogP contribution in [0, 0.1) is 11.6 Å². The first kappa shape index (κ1) is 12.0. The van der Waals surface area contributed by atoms with Gasteiger partial charge in [-0.15, -0.1) is 11.3 Å². The lowest BCUT2D eigenvalue weighted by atomic mass is 10.1. The molecular formula is C12H11F2NOS. The lowest BCUT2D eigenvalue weighted by Gasteiger charge is -2.05. The summed E-state index contributed by atoms with van der Waals surface area (Å²) in [6, 6.07) is 4.02. The Morgan fingerprint density at radius 3 is 2.35 bits per heavy atom. The van der Waals surface area contributed by atoms with E-state index in [-0.39, 0.29) is 11.3 Å².